The summed E-state index contributed by atoms with van der Waals surface area (Å²) in [6.45, 7) is -0.420. The van der Waals surface area contributed by atoms with Crippen molar-refractivity contribution in [1.82, 2.24) is 4.90 Å². The Hall–Kier alpha value is -3.32. The molecule has 1 atom stereocenters. The summed E-state index contributed by atoms with van der Waals surface area (Å²) in [5, 5.41) is 3.09. The predicted molar refractivity (Wildman–Crippen MR) is 111 cm³/mol. The lowest BCUT2D eigenvalue weighted by Gasteiger charge is -2.31. The molecule has 4 nitrogen and oxygen atoms in total. The fourth-order valence-electron chi connectivity index (χ4n) is 3.73. The highest BCUT2D eigenvalue weighted by atomic mass is 35.5. The van der Waals surface area contributed by atoms with Crippen LogP contribution in [0.25, 0.3) is 0 Å². The summed E-state index contributed by atoms with van der Waals surface area (Å²) >= 11 is 6.18. The average molecular weight is 445 g/mol. The normalized spacial score (nSPS) is 16.3. The van der Waals surface area contributed by atoms with E-state index in [1.54, 1.807) is 48.5 Å². The first-order chi connectivity index (χ1) is 14.8. The molecule has 2 amide bonds. The molecule has 0 unspecified atom stereocenters. The maximum absolute atomic E-state index is 13.6. The van der Waals surface area contributed by atoms with Gasteiger partial charge in [0.1, 0.15) is 6.54 Å². The van der Waals surface area contributed by atoms with E-state index in [2.05, 4.69) is 5.32 Å². The van der Waals surface area contributed by atoms with Gasteiger partial charge in [0, 0.05) is 16.3 Å². The van der Waals surface area contributed by atoms with E-state index < -0.39 is 41.7 Å². The predicted octanol–water partition coefficient (Wildman–Crippen LogP) is 5.54. The Kier molecular flexibility index (Phi) is 5.45. The van der Waals surface area contributed by atoms with Crippen LogP contribution in [0.1, 0.15) is 33.1 Å². The van der Waals surface area contributed by atoms with Crippen LogP contribution in [0, 0.1) is 0 Å². The van der Waals surface area contributed by atoms with Crippen LogP contribution in [0.3, 0.4) is 0 Å². The van der Waals surface area contributed by atoms with E-state index in [0.29, 0.717) is 21.8 Å². The van der Waals surface area contributed by atoms with Crippen molar-refractivity contribution in [2.24, 2.45) is 0 Å². The van der Waals surface area contributed by atoms with Crippen LogP contribution >= 0.6 is 11.6 Å². The molecule has 158 valence electrons. The van der Waals surface area contributed by atoms with Crippen LogP contribution < -0.4 is 5.32 Å². The number of rotatable bonds is 2. The van der Waals surface area contributed by atoms with E-state index in [-0.39, 0.29) is 0 Å². The molecule has 3 aromatic carbocycles. The number of hydrogen-bond donors (Lipinski definition) is 1. The van der Waals surface area contributed by atoms with Gasteiger partial charge in [0.2, 0.25) is 5.91 Å². The van der Waals surface area contributed by atoms with E-state index in [0.717, 1.165) is 17.0 Å². The molecule has 1 aliphatic rings. The van der Waals surface area contributed by atoms with E-state index in [1.807, 2.05) is 0 Å². The summed E-state index contributed by atoms with van der Waals surface area (Å²) in [4.78, 5) is 27.2. The first-order valence-electron chi connectivity index (χ1n) is 9.37. The fourth-order valence-corrected chi connectivity index (χ4v) is 3.91. The molecule has 4 rings (SSSR count). The molecule has 0 bridgehead atoms. The number of nitrogens with zero attached hydrogens (tertiary/aromatic N) is 1. The first kappa shape index (κ1) is 20.9. The molecule has 1 heterocycles. The zero-order chi connectivity index (χ0) is 22.2. The van der Waals surface area contributed by atoms with Crippen LogP contribution in [0.2, 0.25) is 5.02 Å². The van der Waals surface area contributed by atoms with Crippen LogP contribution in [0.4, 0.5) is 18.9 Å². The summed E-state index contributed by atoms with van der Waals surface area (Å²) in [6, 6.07) is 17.4. The monoisotopic (exact) mass is 444 g/mol. The van der Waals surface area contributed by atoms with Crippen LogP contribution in [0.5, 0.6) is 0 Å². The minimum absolute atomic E-state index is 0.374. The Morgan fingerprint density at radius 2 is 1.68 bits per heavy atom. The van der Waals surface area contributed by atoms with Gasteiger partial charge in [0.15, 0.2) is 0 Å². The quantitative estimate of drug-likeness (QED) is 0.564. The molecule has 31 heavy (non-hydrogen) atoms. The third-order valence-corrected chi connectivity index (χ3v) is 5.28. The van der Waals surface area contributed by atoms with Crippen molar-refractivity contribution in [3.63, 3.8) is 0 Å². The molecule has 0 fully saturated rings. The third kappa shape index (κ3) is 4.14. The molecule has 3 aromatic rings. The van der Waals surface area contributed by atoms with E-state index in [9.17, 15) is 22.8 Å². The smallest absolute Gasteiger partial charge is 0.324 e. The highest BCUT2D eigenvalue weighted by Crippen LogP contribution is 2.39. The third-order valence-electron chi connectivity index (χ3n) is 5.05. The number of fused-ring (bicyclic) bond motifs is 1. The largest absolute Gasteiger partial charge is 0.417 e. The van der Waals surface area contributed by atoms with Crippen molar-refractivity contribution < 1.29 is 22.8 Å². The number of anilines is 1. The van der Waals surface area contributed by atoms with E-state index in [1.165, 1.54) is 12.1 Å². The van der Waals surface area contributed by atoms with Crippen molar-refractivity contribution in [3.8, 4) is 0 Å². The van der Waals surface area contributed by atoms with Gasteiger partial charge in [-0.1, -0.05) is 54.1 Å². The lowest BCUT2D eigenvalue weighted by Crippen LogP contribution is -2.39. The van der Waals surface area contributed by atoms with Crippen molar-refractivity contribution >= 4 is 29.1 Å². The maximum Gasteiger partial charge on any atom is 0.417 e. The van der Waals surface area contributed by atoms with Crippen LogP contribution in [-0.2, 0) is 11.0 Å². The number of hydrogen-bond acceptors (Lipinski definition) is 2. The summed E-state index contributed by atoms with van der Waals surface area (Å²) in [6.07, 6.45) is -4.72. The molecular formula is C23H16ClF3N2O2. The second kappa shape index (κ2) is 8.07. The van der Waals surface area contributed by atoms with Gasteiger partial charge >= 0.3 is 6.18 Å². The number of amides is 2. The maximum atomic E-state index is 13.6. The Balaban J connectivity index is 1.91. The minimum Gasteiger partial charge on any atom is -0.324 e. The zero-order valence-corrected chi connectivity index (χ0v) is 16.7. The Morgan fingerprint density at radius 1 is 1.00 bits per heavy atom. The molecule has 0 saturated carbocycles. The van der Waals surface area contributed by atoms with Gasteiger partial charge < -0.3 is 10.2 Å². The fraction of sp³-hybridized carbons (Fsp3) is 0.130. The Morgan fingerprint density at radius 3 is 2.39 bits per heavy atom. The van der Waals surface area contributed by atoms with Crippen LogP contribution in [-0.4, -0.2) is 23.3 Å². The Labute approximate surface area is 181 Å². The molecule has 0 aliphatic carbocycles. The van der Waals surface area contributed by atoms with E-state index in [4.69, 9.17) is 11.6 Å². The zero-order valence-electron chi connectivity index (χ0n) is 16.0. The second-order valence-electron chi connectivity index (χ2n) is 7.07. The summed E-state index contributed by atoms with van der Waals surface area (Å²) in [5.74, 6) is -1.41. The number of carbonyl (C=O) groups is 2. The summed E-state index contributed by atoms with van der Waals surface area (Å²) in [7, 11) is 0. The van der Waals surface area contributed by atoms with Crippen molar-refractivity contribution in [2.45, 2.75) is 12.2 Å². The van der Waals surface area contributed by atoms with Crippen LogP contribution in [0.15, 0.2) is 72.8 Å². The van der Waals surface area contributed by atoms with Gasteiger partial charge in [0.05, 0.1) is 17.2 Å². The molecule has 0 aromatic heterocycles. The average Bonchev–Trinajstić information content (AvgIpc) is 2.89. The topological polar surface area (TPSA) is 49.4 Å². The number of alkyl halides is 3. The van der Waals surface area contributed by atoms with Gasteiger partial charge in [0.25, 0.3) is 5.91 Å². The van der Waals surface area contributed by atoms with E-state index >= 15 is 0 Å². The SMILES string of the molecule is O=C1CN(C(=O)c2ccccc2C(F)(F)F)[C@H](c2ccccc2)c2cc(Cl)ccc2N1. The van der Waals surface area contributed by atoms with Crippen molar-refractivity contribution in [1.29, 1.82) is 0 Å². The number of nitrogens with one attached hydrogen (secondary N) is 1. The number of benzene rings is 3. The molecular weight excluding hydrogens is 429 g/mol. The lowest BCUT2D eigenvalue weighted by atomic mass is 9.94. The molecule has 0 saturated heterocycles. The molecule has 8 heteroatoms. The van der Waals surface area contributed by atoms with Gasteiger partial charge in [-0.15, -0.1) is 0 Å². The van der Waals surface area contributed by atoms with Crippen molar-refractivity contribution in [2.75, 3.05) is 11.9 Å². The second-order valence-corrected chi connectivity index (χ2v) is 7.51. The molecule has 1 N–H and O–H groups in total. The molecule has 0 radical (unpaired) electrons. The standard InChI is InChI=1S/C23H16ClF3N2O2/c24-15-10-11-19-17(12-15)21(14-6-2-1-3-7-14)29(13-20(30)28-19)22(31)16-8-4-5-9-18(16)23(25,26)27/h1-12,21H,13H2,(H,28,30)/t21-/m1/s1. The number of carbonyl (C=O) groups excluding carboxylic acids is 2. The lowest BCUT2D eigenvalue weighted by molar-refractivity contribution is -0.138. The molecule has 1 aliphatic heterocycles. The molecule has 0 spiro atoms. The van der Waals surface area contributed by atoms with Gasteiger partial charge in [-0.25, -0.2) is 0 Å². The first-order valence-corrected chi connectivity index (χ1v) is 9.75. The van der Waals surface area contributed by atoms with Gasteiger partial charge in [-0.3, -0.25) is 9.59 Å². The van der Waals surface area contributed by atoms with Gasteiger partial charge in [-0.05, 0) is 35.9 Å². The summed E-state index contributed by atoms with van der Waals surface area (Å²) < 4.78 is 40.7. The number of halogens is 4. The highest BCUT2D eigenvalue weighted by Gasteiger charge is 2.39. The minimum atomic E-state index is -4.72. The Bertz CT molecular complexity index is 1150. The van der Waals surface area contributed by atoms with Crippen molar-refractivity contribution in [3.05, 3.63) is 100 Å². The highest BCUT2D eigenvalue weighted by molar-refractivity contribution is 6.30. The summed E-state index contributed by atoms with van der Waals surface area (Å²) in [5.41, 5.74) is 0.0300. The van der Waals surface area contributed by atoms with Gasteiger partial charge in [-0.2, -0.15) is 13.2 Å².